The minimum Gasteiger partial charge on any atom is -0.404 e. The molecule has 0 radical (unpaired) electrons. The van der Waals surface area contributed by atoms with Gasteiger partial charge in [-0.1, -0.05) is 83.0 Å². The molecule has 3 saturated carbocycles. The first-order valence-electron chi connectivity index (χ1n) is 12.3. The summed E-state index contributed by atoms with van der Waals surface area (Å²) >= 11 is 0. The third-order valence-corrected chi connectivity index (χ3v) is 16.2. The fraction of sp³-hybridized carbons (Fsp3) is 0.760. The quantitative estimate of drug-likeness (QED) is 0.479. The number of rotatable bonds is 6. The highest BCUT2D eigenvalue weighted by Crippen LogP contribution is 2.65. The third kappa shape index (κ3) is 4.05. The lowest BCUT2D eigenvalue weighted by molar-refractivity contribution is -0.199. The van der Waals surface area contributed by atoms with Crippen molar-refractivity contribution in [3.63, 3.8) is 0 Å². The topological polar surface area (TPSA) is 21.7 Å². The third-order valence-electron chi connectivity index (χ3n) is 8.63. The van der Waals surface area contributed by atoms with Crippen molar-refractivity contribution in [2.45, 2.75) is 104 Å². The molecule has 1 aliphatic heterocycles. The zero-order valence-electron chi connectivity index (χ0n) is 21.6. The van der Waals surface area contributed by atoms with Crippen molar-refractivity contribution in [1.29, 1.82) is 0 Å². The van der Waals surface area contributed by atoms with Gasteiger partial charge in [-0.2, -0.15) is 0 Å². The summed E-state index contributed by atoms with van der Waals surface area (Å²) in [6.45, 7) is 24.4. The zero-order valence-corrected chi connectivity index (χ0v) is 23.6. The van der Waals surface area contributed by atoms with Gasteiger partial charge >= 0.3 is 7.12 Å². The summed E-state index contributed by atoms with van der Waals surface area (Å²) in [6, 6.07) is 9.10. The fourth-order valence-corrected chi connectivity index (χ4v) is 17.8. The van der Waals surface area contributed by atoms with Crippen molar-refractivity contribution in [3.8, 4) is 0 Å². The molecule has 0 amide bonds. The molecule has 0 unspecified atom stereocenters. The first-order chi connectivity index (χ1) is 14.1. The average Bonchev–Trinajstić information content (AvgIpc) is 2.97. The summed E-state index contributed by atoms with van der Waals surface area (Å²) in [4.78, 5) is 0. The van der Waals surface area contributed by atoms with Crippen molar-refractivity contribution >= 4 is 23.6 Å². The Kier molecular flexibility index (Phi) is 5.79. The number of nitrogens with zero attached hydrogens (tertiary/aromatic N) is 1. The minimum absolute atomic E-state index is 0.134. The van der Waals surface area contributed by atoms with E-state index in [4.69, 9.17) is 9.31 Å². The molecule has 4 aliphatic rings. The van der Waals surface area contributed by atoms with Gasteiger partial charge in [-0.3, -0.25) is 0 Å². The van der Waals surface area contributed by atoms with Crippen molar-refractivity contribution in [2.75, 3.05) is 0 Å². The van der Waals surface area contributed by atoms with Crippen LogP contribution in [-0.2, 0) is 15.7 Å². The van der Waals surface area contributed by atoms with Crippen LogP contribution in [0.3, 0.4) is 0 Å². The molecule has 1 aromatic rings. The molecular formula is C25H44BNO2Si2. The molecule has 5 rings (SSSR count). The Morgan fingerprint density at radius 1 is 1.00 bits per heavy atom. The monoisotopic (exact) mass is 457 g/mol. The van der Waals surface area contributed by atoms with E-state index in [2.05, 4.69) is 95.5 Å². The van der Waals surface area contributed by atoms with Gasteiger partial charge in [0, 0.05) is 5.94 Å². The van der Waals surface area contributed by atoms with Gasteiger partial charge in [-0.05, 0) is 55.9 Å². The van der Waals surface area contributed by atoms with Crippen molar-refractivity contribution < 1.29 is 9.31 Å². The van der Waals surface area contributed by atoms with E-state index in [1.807, 2.05) is 0 Å². The molecular weight excluding hydrogens is 413 g/mol. The van der Waals surface area contributed by atoms with Crippen LogP contribution in [0.25, 0.3) is 0 Å². The van der Waals surface area contributed by atoms with Gasteiger partial charge in [0.05, 0.1) is 11.7 Å². The number of aryl methyl sites for hydroxylation is 1. The largest absolute Gasteiger partial charge is 0.475 e. The standard InChI is InChI=1S/C25H44BNO2Si2/c1-18-11-13-19(14-12-18)15-23(27(30(5,6)7)31(8,9)10)26-28-22-17-20-16-21(24(20,2)3)25(22,4)29-26/h11-14,20-23H,15-17H2,1-10H3/t20-,21-,22+,23+,25-/m0/s1. The van der Waals surface area contributed by atoms with E-state index in [9.17, 15) is 0 Å². The average molecular weight is 458 g/mol. The van der Waals surface area contributed by atoms with Gasteiger partial charge in [0.1, 0.15) is 16.5 Å². The molecule has 1 heterocycles. The molecule has 6 heteroatoms. The maximum atomic E-state index is 7.05. The fourth-order valence-electron chi connectivity index (χ4n) is 7.34. The maximum Gasteiger partial charge on any atom is 0.475 e. The van der Waals surface area contributed by atoms with Crippen molar-refractivity contribution in [1.82, 2.24) is 4.23 Å². The van der Waals surface area contributed by atoms with Gasteiger partial charge in [0.15, 0.2) is 0 Å². The normalized spacial score (nSPS) is 33.3. The molecule has 0 aromatic heterocycles. The molecule has 1 aromatic carbocycles. The van der Waals surface area contributed by atoms with Crippen LogP contribution >= 0.6 is 0 Å². The Bertz CT molecular complexity index is 802. The molecule has 3 aliphatic carbocycles. The van der Waals surface area contributed by atoms with E-state index < -0.39 is 16.5 Å². The van der Waals surface area contributed by atoms with E-state index >= 15 is 0 Å². The van der Waals surface area contributed by atoms with E-state index in [0.29, 0.717) is 11.3 Å². The molecule has 2 bridgehead atoms. The summed E-state index contributed by atoms with van der Waals surface area (Å²) in [5, 5.41) is 0. The predicted octanol–water partition coefficient (Wildman–Crippen LogP) is 6.15. The maximum absolute atomic E-state index is 7.05. The first-order valence-corrected chi connectivity index (χ1v) is 19.2. The summed E-state index contributed by atoms with van der Waals surface area (Å²) in [7, 11) is -3.32. The Morgan fingerprint density at radius 3 is 2.10 bits per heavy atom. The minimum atomic E-state index is -1.59. The van der Waals surface area contributed by atoms with Gasteiger partial charge in [0.2, 0.25) is 0 Å². The van der Waals surface area contributed by atoms with Gasteiger partial charge in [0.25, 0.3) is 0 Å². The summed E-state index contributed by atoms with van der Waals surface area (Å²) in [5.74, 6) is 1.68. The van der Waals surface area contributed by atoms with E-state index in [-0.39, 0.29) is 24.8 Å². The molecule has 5 atom stereocenters. The van der Waals surface area contributed by atoms with E-state index in [1.165, 1.54) is 17.5 Å². The number of hydrogen-bond acceptors (Lipinski definition) is 3. The lowest BCUT2D eigenvalue weighted by atomic mass is 9.43. The Balaban J connectivity index is 1.68. The van der Waals surface area contributed by atoms with Gasteiger partial charge < -0.3 is 13.5 Å². The van der Waals surface area contributed by atoms with Gasteiger partial charge in [-0.15, -0.1) is 0 Å². The smallest absolute Gasteiger partial charge is 0.404 e. The Hall–Kier alpha value is -0.401. The highest BCUT2D eigenvalue weighted by molar-refractivity contribution is 6.90. The first kappa shape index (κ1) is 23.7. The summed E-state index contributed by atoms with van der Waals surface area (Å²) in [6.07, 6.45) is 3.72. The zero-order chi connectivity index (χ0) is 23.0. The van der Waals surface area contributed by atoms with Gasteiger partial charge in [-0.25, -0.2) is 0 Å². The Labute approximate surface area is 193 Å². The van der Waals surface area contributed by atoms with Crippen LogP contribution in [0.2, 0.25) is 39.3 Å². The van der Waals surface area contributed by atoms with Crippen LogP contribution in [-0.4, -0.2) is 45.5 Å². The van der Waals surface area contributed by atoms with Crippen LogP contribution in [0.4, 0.5) is 0 Å². The van der Waals surface area contributed by atoms with E-state index in [0.717, 1.165) is 18.8 Å². The molecule has 31 heavy (non-hydrogen) atoms. The van der Waals surface area contributed by atoms with Crippen LogP contribution < -0.4 is 0 Å². The second kappa shape index (κ2) is 7.56. The highest BCUT2D eigenvalue weighted by Gasteiger charge is 2.69. The second-order valence-corrected chi connectivity index (χ2v) is 23.4. The molecule has 3 nitrogen and oxygen atoms in total. The van der Waals surface area contributed by atoms with Crippen molar-refractivity contribution in [3.05, 3.63) is 35.4 Å². The molecule has 172 valence electrons. The summed E-state index contributed by atoms with van der Waals surface area (Å²) in [5.41, 5.74) is 2.96. The summed E-state index contributed by atoms with van der Waals surface area (Å²) < 4.78 is 16.8. The number of hydrogen-bond donors (Lipinski definition) is 0. The van der Waals surface area contributed by atoms with Crippen LogP contribution in [0.15, 0.2) is 24.3 Å². The van der Waals surface area contributed by atoms with E-state index in [1.54, 1.807) is 0 Å². The molecule has 0 spiro atoms. The molecule has 1 saturated heterocycles. The lowest BCUT2D eigenvalue weighted by Crippen LogP contribution is -2.68. The lowest BCUT2D eigenvalue weighted by Gasteiger charge is -2.64. The Morgan fingerprint density at radius 2 is 1.58 bits per heavy atom. The molecule has 0 N–H and O–H groups in total. The van der Waals surface area contributed by atoms with Crippen LogP contribution in [0.1, 0.15) is 44.7 Å². The van der Waals surface area contributed by atoms with Crippen molar-refractivity contribution in [2.24, 2.45) is 17.3 Å². The second-order valence-electron chi connectivity index (χ2n) is 13.3. The van der Waals surface area contributed by atoms with Crippen LogP contribution in [0.5, 0.6) is 0 Å². The predicted molar refractivity (Wildman–Crippen MR) is 137 cm³/mol. The highest BCUT2D eigenvalue weighted by atomic mass is 28.4. The number of benzene rings is 1. The van der Waals surface area contributed by atoms with Crippen LogP contribution in [0, 0.1) is 24.2 Å². The molecule has 4 fully saturated rings. The SMILES string of the molecule is Cc1ccc(C[C@H](B2O[C@@H]3C[C@@H]4C[C@@H](C4(C)C)[C@]3(C)O2)N([Si](C)(C)C)[Si](C)(C)C)cc1.